The van der Waals surface area contributed by atoms with Crippen LogP contribution in [0, 0.1) is 0 Å². The highest BCUT2D eigenvalue weighted by Crippen LogP contribution is 2.24. The van der Waals surface area contributed by atoms with Crippen molar-refractivity contribution in [2.75, 3.05) is 7.05 Å². The van der Waals surface area contributed by atoms with E-state index in [1.54, 1.807) is 4.90 Å². The van der Waals surface area contributed by atoms with Crippen LogP contribution >= 0.6 is 0 Å². The maximum absolute atomic E-state index is 12.6. The van der Waals surface area contributed by atoms with Crippen molar-refractivity contribution in [2.45, 2.75) is 33.4 Å². The lowest BCUT2D eigenvalue weighted by atomic mass is 10.1. The molecular weight excluding hydrogens is 248 g/mol. The number of aromatic nitrogens is 1. The van der Waals surface area contributed by atoms with Crippen molar-refractivity contribution in [3.63, 3.8) is 0 Å². The molecule has 0 spiro atoms. The molecule has 0 fully saturated rings. The van der Waals surface area contributed by atoms with E-state index in [-0.39, 0.29) is 11.9 Å². The number of benzene rings is 1. The number of hydrogen-bond donors (Lipinski definition) is 0. The molecule has 0 N–H and O–H groups in total. The van der Waals surface area contributed by atoms with Crippen LogP contribution < -0.4 is 0 Å². The Morgan fingerprint density at radius 2 is 2.15 bits per heavy atom. The molecule has 0 saturated carbocycles. The molecule has 3 nitrogen and oxygen atoms in total. The number of fused-ring (bicyclic) bond motifs is 1. The summed E-state index contributed by atoms with van der Waals surface area (Å²) in [7, 11) is 1.85. The third-order valence-electron chi connectivity index (χ3n) is 3.81. The molecule has 0 bridgehead atoms. The highest BCUT2D eigenvalue weighted by molar-refractivity contribution is 6.07. The lowest BCUT2D eigenvalue weighted by Crippen LogP contribution is -2.32. The molecule has 0 radical (unpaired) electrons. The molecule has 3 heteroatoms. The second kappa shape index (κ2) is 5.53. The van der Waals surface area contributed by atoms with E-state index in [2.05, 4.69) is 24.1 Å². The first-order valence-electron chi connectivity index (χ1n) is 7.02. The fourth-order valence-electron chi connectivity index (χ4n) is 2.29. The van der Waals surface area contributed by atoms with Gasteiger partial charge in [-0.15, -0.1) is 0 Å². The van der Waals surface area contributed by atoms with Gasteiger partial charge in [0.05, 0.1) is 5.56 Å². The van der Waals surface area contributed by atoms with Crippen LogP contribution in [0.15, 0.2) is 31.0 Å². The molecule has 0 unspecified atom stereocenters. The van der Waals surface area contributed by atoms with Crippen molar-refractivity contribution in [3.8, 4) is 0 Å². The summed E-state index contributed by atoms with van der Waals surface area (Å²) in [5.74, 6) is 0.0727. The number of amides is 1. The van der Waals surface area contributed by atoms with Gasteiger partial charge in [0.25, 0.3) is 5.91 Å². The summed E-state index contributed by atoms with van der Waals surface area (Å²) in [6, 6.07) is 6.29. The van der Waals surface area contributed by atoms with Gasteiger partial charge in [-0.25, -0.2) is 0 Å². The molecule has 0 aliphatic carbocycles. The fourth-order valence-corrected chi connectivity index (χ4v) is 2.29. The average Bonchev–Trinajstić information content (AvgIpc) is 2.83. The Morgan fingerprint density at radius 3 is 2.70 bits per heavy atom. The Bertz CT molecular complexity index is 652. The van der Waals surface area contributed by atoms with Gasteiger partial charge in [-0.05, 0) is 32.4 Å². The molecule has 1 heterocycles. The van der Waals surface area contributed by atoms with E-state index in [0.29, 0.717) is 0 Å². The summed E-state index contributed by atoms with van der Waals surface area (Å²) in [4.78, 5) is 14.4. The van der Waals surface area contributed by atoms with Crippen LogP contribution in [-0.2, 0) is 6.54 Å². The van der Waals surface area contributed by atoms with Gasteiger partial charge in [0, 0.05) is 36.7 Å². The van der Waals surface area contributed by atoms with Crippen molar-refractivity contribution in [2.24, 2.45) is 0 Å². The zero-order valence-electron chi connectivity index (χ0n) is 12.7. The standard InChI is InChI=1S/C17H22N2O/c1-6-13-8-9-14-15(17(20)18(5)12(3)4)11-19(7-2)16(14)10-13/h6,8-12H,1,7H2,2-5H3. The van der Waals surface area contributed by atoms with Crippen LogP contribution in [-0.4, -0.2) is 28.5 Å². The number of hydrogen-bond acceptors (Lipinski definition) is 1. The molecule has 1 aromatic carbocycles. The van der Waals surface area contributed by atoms with E-state index >= 15 is 0 Å². The summed E-state index contributed by atoms with van der Waals surface area (Å²) in [5, 5.41) is 1.01. The van der Waals surface area contributed by atoms with Gasteiger partial charge in [0.2, 0.25) is 0 Å². The first kappa shape index (κ1) is 14.4. The number of aryl methyl sites for hydroxylation is 1. The number of rotatable bonds is 4. The van der Waals surface area contributed by atoms with Gasteiger partial charge in [-0.2, -0.15) is 0 Å². The lowest BCUT2D eigenvalue weighted by Gasteiger charge is -2.21. The maximum atomic E-state index is 12.6. The zero-order valence-corrected chi connectivity index (χ0v) is 12.7. The quantitative estimate of drug-likeness (QED) is 0.830. The van der Waals surface area contributed by atoms with Gasteiger partial charge in [-0.1, -0.05) is 24.8 Å². The van der Waals surface area contributed by atoms with Crippen LogP contribution in [0.5, 0.6) is 0 Å². The van der Waals surface area contributed by atoms with Crippen molar-refractivity contribution in [1.29, 1.82) is 0 Å². The first-order valence-corrected chi connectivity index (χ1v) is 7.02. The number of carbonyl (C=O) groups is 1. The smallest absolute Gasteiger partial charge is 0.256 e. The van der Waals surface area contributed by atoms with Crippen LogP contribution in [0.25, 0.3) is 17.0 Å². The Morgan fingerprint density at radius 1 is 1.45 bits per heavy atom. The van der Waals surface area contributed by atoms with Crippen molar-refractivity contribution >= 4 is 22.9 Å². The van der Waals surface area contributed by atoms with Gasteiger partial charge < -0.3 is 9.47 Å². The van der Waals surface area contributed by atoms with Gasteiger partial charge in [0.1, 0.15) is 0 Å². The topological polar surface area (TPSA) is 25.2 Å². The van der Waals surface area contributed by atoms with Gasteiger partial charge in [0.15, 0.2) is 0 Å². The van der Waals surface area contributed by atoms with E-state index in [9.17, 15) is 4.79 Å². The second-order valence-corrected chi connectivity index (χ2v) is 5.32. The first-order chi connectivity index (χ1) is 9.49. The van der Waals surface area contributed by atoms with Crippen molar-refractivity contribution in [3.05, 3.63) is 42.1 Å². The third kappa shape index (κ3) is 2.36. The summed E-state index contributed by atoms with van der Waals surface area (Å²) in [6.07, 6.45) is 3.78. The van der Waals surface area contributed by atoms with Crippen LogP contribution in [0.1, 0.15) is 36.7 Å². The molecule has 106 valence electrons. The lowest BCUT2D eigenvalue weighted by molar-refractivity contribution is 0.0756. The van der Waals surface area contributed by atoms with E-state index in [4.69, 9.17) is 0 Å². The predicted octanol–water partition coefficient (Wildman–Crippen LogP) is 3.78. The Hall–Kier alpha value is -2.03. The van der Waals surface area contributed by atoms with Crippen LogP contribution in [0.2, 0.25) is 0 Å². The minimum atomic E-state index is 0.0727. The number of carbonyl (C=O) groups excluding carboxylic acids is 1. The van der Waals surface area contributed by atoms with Gasteiger partial charge in [-0.3, -0.25) is 4.79 Å². The second-order valence-electron chi connectivity index (χ2n) is 5.32. The molecule has 0 aliphatic heterocycles. The Balaban J connectivity index is 2.60. The minimum absolute atomic E-state index is 0.0727. The summed E-state index contributed by atoms with van der Waals surface area (Å²) in [5.41, 5.74) is 2.93. The van der Waals surface area contributed by atoms with E-state index in [1.807, 2.05) is 45.3 Å². The maximum Gasteiger partial charge on any atom is 0.256 e. The Kier molecular flexibility index (Phi) is 3.98. The molecule has 0 atom stereocenters. The molecule has 20 heavy (non-hydrogen) atoms. The predicted molar refractivity (Wildman–Crippen MR) is 84.9 cm³/mol. The summed E-state index contributed by atoms with van der Waals surface area (Å²) < 4.78 is 2.11. The van der Waals surface area contributed by atoms with Gasteiger partial charge >= 0.3 is 0 Å². The zero-order chi connectivity index (χ0) is 14.9. The monoisotopic (exact) mass is 270 g/mol. The van der Waals surface area contributed by atoms with E-state index in [0.717, 1.165) is 28.6 Å². The van der Waals surface area contributed by atoms with E-state index < -0.39 is 0 Å². The Labute approximate surface area is 120 Å². The SMILES string of the molecule is C=Cc1ccc2c(C(=O)N(C)C(C)C)cn(CC)c2c1. The largest absolute Gasteiger partial charge is 0.347 e. The summed E-state index contributed by atoms with van der Waals surface area (Å²) >= 11 is 0. The third-order valence-corrected chi connectivity index (χ3v) is 3.81. The molecule has 1 amide bonds. The van der Waals surface area contributed by atoms with Crippen molar-refractivity contribution in [1.82, 2.24) is 9.47 Å². The highest BCUT2D eigenvalue weighted by Gasteiger charge is 2.19. The molecular formula is C17H22N2O. The van der Waals surface area contributed by atoms with Crippen LogP contribution in [0.4, 0.5) is 0 Å². The molecule has 2 rings (SSSR count). The van der Waals surface area contributed by atoms with Crippen molar-refractivity contribution < 1.29 is 4.79 Å². The molecule has 0 aliphatic rings. The number of nitrogens with zero attached hydrogens (tertiary/aromatic N) is 2. The van der Waals surface area contributed by atoms with Crippen LogP contribution in [0.3, 0.4) is 0 Å². The summed E-state index contributed by atoms with van der Waals surface area (Å²) in [6.45, 7) is 10.8. The molecule has 1 aromatic heterocycles. The minimum Gasteiger partial charge on any atom is -0.347 e. The highest BCUT2D eigenvalue weighted by atomic mass is 16.2. The molecule has 2 aromatic rings. The fraction of sp³-hybridized carbons (Fsp3) is 0.353. The normalized spacial score (nSPS) is 11.1. The van der Waals surface area contributed by atoms with E-state index in [1.165, 1.54) is 0 Å². The average molecular weight is 270 g/mol. The molecule has 0 saturated heterocycles.